The molecule has 1 saturated heterocycles. The molecule has 21 heavy (non-hydrogen) atoms. The van der Waals surface area contributed by atoms with Crippen molar-refractivity contribution >= 4 is 10.0 Å². The summed E-state index contributed by atoms with van der Waals surface area (Å²) in [4.78, 5) is 1.77. The molecule has 1 aromatic rings. The second-order valence-electron chi connectivity index (χ2n) is 4.50. The lowest BCUT2D eigenvalue weighted by molar-refractivity contribution is 0.0443. The Hall–Kier alpha value is -1.46. The summed E-state index contributed by atoms with van der Waals surface area (Å²) in [6.45, 7) is 3.58. The van der Waals surface area contributed by atoms with Gasteiger partial charge in [0.05, 0.1) is 26.3 Å². The predicted molar refractivity (Wildman–Crippen MR) is 76.6 cm³/mol. The van der Waals surface area contributed by atoms with E-state index in [9.17, 15) is 12.8 Å². The number of nitrogens with zero attached hydrogens (tertiary/aromatic N) is 1. The molecule has 0 unspecified atom stereocenters. The fourth-order valence-electron chi connectivity index (χ4n) is 1.86. The van der Waals surface area contributed by atoms with Crippen LogP contribution in [0.3, 0.4) is 0 Å². The Kier molecular flexibility index (Phi) is 5.70. The highest BCUT2D eigenvalue weighted by atomic mass is 32.2. The highest BCUT2D eigenvalue weighted by Crippen LogP contribution is 2.12. The van der Waals surface area contributed by atoms with Gasteiger partial charge in [0, 0.05) is 13.1 Å². The molecular weight excluding hydrogens is 295 g/mol. The van der Waals surface area contributed by atoms with Gasteiger partial charge in [-0.25, -0.2) is 12.8 Å². The van der Waals surface area contributed by atoms with E-state index in [1.54, 1.807) is 0 Å². The van der Waals surface area contributed by atoms with Crippen molar-refractivity contribution in [2.24, 2.45) is 0 Å². The Bertz CT molecular complexity index is 631. The molecule has 1 aromatic carbocycles. The van der Waals surface area contributed by atoms with Crippen LogP contribution >= 0.6 is 0 Å². The van der Waals surface area contributed by atoms with Crippen LogP contribution < -0.4 is 4.72 Å². The van der Waals surface area contributed by atoms with Crippen LogP contribution in [0.1, 0.15) is 0 Å². The first kappa shape index (κ1) is 15.9. The molecule has 7 heteroatoms. The summed E-state index contributed by atoms with van der Waals surface area (Å²) >= 11 is 0. The zero-order chi connectivity index (χ0) is 15.1. The molecule has 114 valence electrons. The first-order valence-electron chi connectivity index (χ1n) is 6.59. The van der Waals surface area contributed by atoms with Crippen molar-refractivity contribution < 1.29 is 17.5 Å². The largest absolute Gasteiger partial charge is 0.379 e. The number of hydrogen-bond donors (Lipinski definition) is 1. The van der Waals surface area contributed by atoms with E-state index in [2.05, 4.69) is 21.5 Å². The first-order valence-corrected chi connectivity index (χ1v) is 8.08. The zero-order valence-corrected chi connectivity index (χ0v) is 12.3. The van der Waals surface area contributed by atoms with E-state index < -0.39 is 15.8 Å². The van der Waals surface area contributed by atoms with Crippen molar-refractivity contribution in [1.82, 2.24) is 9.62 Å². The monoisotopic (exact) mass is 312 g/mol. The normalized spacial score (nSPS) is 16.2. The van der Waals surface area contributed by atoms with E-state index in [1.807, 2.05) is 0 Å². The molecule has 0 spiro atoms. The lowest BCUT2D eigenvalue weighted by Gasteiger charge is -2.24. The van der Waals surface area contributed by atoms with Crippen molar-refractivity contribution in [2.45, 2.75) is 4.90 Å². The Morgan fingerprint density at radius 2 is 1.95 bits per heavy atom. The minimum absolute atomic E-state index is 0.0407. The number of ether oxygens (including phenoxy) is 1. The van der Waals surface area contributed by atoms with Crippen molar-refractivity contribution in [3.8, 4) is 11.8 Å². The average molecular weight is 312 g/mol. The molecule has 0 bridgehead atoms. The summed E-state index contributed by atoms with van der Waals surface area (Å²) < 4.78 is 44.7. The van der Waals surface area contributed by atoms with Crippen LogP contribution in [0, 0.1) is 17.7 Å². The minimum Gasteiger partial charge on any atom is -0.379 e. The third-order valence-corrected chi connectivity index (χ3v) is 4.44. The molecule has 0 aliphatic carbocycles. The summed E-state index contributed by atoms with van der Waals surface area (Å²) in [7, 11) is -3.86. The van der Waals surface area contributed by atoms with Gasteiger partial charge in [0.1, 0.15) is 10.7 Å². The van der Waals surface area contributed by atoms with Gasteiger partial charge in [0.25, 0.3) is 0 Å². The van der Waals surface area contributed by atoms with E-state index in [4.69, 9.17) is 4.74 Å². The van der Waals surface area contributed by atoms with Crippen LogP contribution in [-0.4, -0.2) is 52.7 Å². The fraction of sp³-hybridized carbons (Fsp3) is 0.429. The number of rotatable bonds is 4. The van der Waals surface area contributed by atoms with Gasteiger partial charge in [0.15, 0.2) is 0 Å². The van der Waals surface area contributed by atoms with Crippen molar-refractivity contribution in [2.75, 3.05) is 39.4 Å². The minimum atomic E-state index is -3.86. The van der Waals surface area contributed by atoms with E-state index in [-0.39, 0.29) is 11.4 Å². The number of nitrogens with one attached hydrogen (secondary N) is 1. The average Bonchev–Trinajstić information content (AvgIpc) is 2.48. The first-order chi connectivity index (χ1) is 10.1. The number of morpholine rings is 1. The van der Waals surface area contributed by atoms with Crippen LogP contribution in [-0.2, 0) is 14.8 Å². The molecule has 0 aromatic heterocycles. The third kappa shape index (κ3) is 4.79. The molecule has 1 aliphatic rings. The molecule has 1 aliphatic heterocycles. The van der Waals surface area contributed by atoms with Gasteiger partial charge in [-0.3, -0.25) is 4.90 Å². The second-order valence-corrected chi connectivity index (χ2v) is 6.23. The van der Waals surface area contributed by atoms with Gasteiger partial charge in [0.2, 0.25) is 10.0 Å². The van der Waals surface area contributed by atoms with Gasteiger partial charge in [-0.15, -0.1) is 0 Å². The Morgan fingerprint density at radius 1 is 1.24 bits per heavy atom. The molecule has 0 saturated carbocycles. The maximum Gasteiger partial charge on any atom is 0.244 e. The molecule has 0 radical (unpaired) electrons. The van der Waals surface area contributed by atoms with Gasteiger partial charge in [-0.05, 0) is 12.1 Å². The standard InChI is InChI=1S/C14H17FN2O3S/c15-13-5-1-2-6-14(13)21(18,19)16-7-3-4-8-17-9-11-20-12-10-17/h1-2,5-6,16H,7-12H2. The molecule has 5 nitrogen and oxygen atoms in total. The van der Waals surface area contributed by atoms with Gasteiger partial charge >= 0.3 is 0 Å². The number of hydrogen-bond acceptors (Lipinski definition) is 4. The maximum absolute atomic E-state index is 13.4. The summed E-state index contributed by atoms with van der Waals surface area (Å²) in [5.41, 5.74) is 0. The summed E-state index contributed by atoms with van der Waals surface area (Å²) in [6, 6.07) is 5.25. The molecule has 1 fully saturated rings. The fourth-order valence-corrected chi connectivity index (χ4v) is 2.86. The van der Waals surface area contributed by atoms with Crippen LogP contribution in [0.4, 0.5) is 4.39 Å². The lowest BCUT2D eigenvalue weighted by atomic mass is 10.4. The van der Waals surface area contributed by atoms with E-state index in [0.29, 0.717) is 19.8 Å². The number of sulfonamides is 1. The van der Waals surface area contributed by atoms with Crippen molar-refractivity contribution in [3.05, 3.63) is 30.1 Å². The molecule has 1 heterocycles. The van der Waals surface area contributed by atoms with Gasteiger partial charge in [-0.1, -0.05) is 24.0 Å². The van der Waals surface area contributed by atoms with Gasteiger partial charge in [-0.2, -0.15) is 4.72 Å². The smallest absolute Gasteiger partial charge is 0.244 e. The van der Waals surface area contributed by atoms with Gasteiger partial charge < -0.3 is 4.74 Å². The van der Waals surface area contributed by atoms with Crippen LogP contribution in [0.15, 0.2) is 29.2 Å². The Morgan fingerprint density at radius 3 is 2.67 bits per heavy atom. The van der Waals surface area contributed by atoms with E-state index in [1.165, 1.54) is 18.2 Å². The molecule has 2 rings (SSSR count). The van der Waals surface area contributed by atoms with Crippen LogP contribution in [0.25, 0.3) is 0 Å². The van der Waals surface area contributed by atoms with Crippen LogP contribution in [0.5, 0.6) is 0 Å². The highest BCUT2D eigenvalue weighted by Gasteiger charge is 2.17. The topological polar surface area (TPSA) is 58.6 Å². The number of halogens is 1. The third-order valence-electron chi connectivity index (χ3n) is 3.01. The van der Waals surface area contributed by atoms with Crippen molar-refractivity contribution in [3.63, 3.8) is 0 Å². The molecular formula is C14H17FN2O3S. The maximum atomic E-state index is 13.4. The molecule has 0 amide bonds. The van der Waals surface area contributed by atoms with Crippen molar-refractivity contribution in [1.29, 1.82) is 0 Å². The SMILES string of the molecule is O=S(=O)(NCC#CCN1CCOCC1)c1ccccc1F. The summed E-state index contributed by atoms with van der Waals surface area (Å²) in [6.07, 6.45) is 0. The number of benzene rings is 1. The van der Waals surface area contributed by atoms with E-state index in [0.717, 1.165) is 19.2 Å². The zero-order valence-electron chi connectivity index (χ0n) is 11.5. The quantitative estimate of drug-likeness (QED) is 0.820. The van der Waals surface area contributed by atoms with E-state index >= 15 is 0 Å². The van der Waals surface area contributed by atoms with Crippen LogP contribution in [0.2, 0.25) is 0 Å². The molecule has 0 atom stereocenters. The Labute approximate surface area is 124 Å². The lowest BCUT2D eigenvalue weighted by Crippen LogP contribution is -2.36. The Balaban J connectivity index is 1.84. The molecule has 1 N–H and O–H groups in total. The summed E-state index contributed by atoms with van der Waals surface area (Å²) in [5.74, 6) is 4.85. The second kappa shape index (κ2) is 7.52. The highest BCUT2D eigenvalue weighted by molar-refractivity contribution is 7.89. The summed E-state index contributed by atoms with van der Waals surface area (Å²) in [5, 5.41) is 0. The predicted octanol–water partition coefficient (Wildman–Crippen LogP) is 0.440.